The summed E-state index contributed by atoms with van der Waals surface area (Å²) in [6.07, 6.45) is 5.26. The molecule has 27 heavy (non-hydrogen) atoms. The number of carbonyl (C=O) groups is 3. The number of unbranched alkanes of at least 4 members (excludes halogenated alkanes) is 1. The number of anilines is 1. The van der Waals surface area contributed by atoms with Gasteiger partial charge < -0.3 is 5.32 Å². The van der Waals surface area contributed by atoms with E-state index in [9.17, 15) is 14.4 Å². The predicted octanol–water partition coefficient (Wildman–Crippen LogP) is 3.29. The Morgan fingerprint density at radius 3 is 2.30 bits per heavy atom. The van der Waals surface area contributed by atoms with Crippen molar-refractivity contribution in [3.8, 4) is 0 Å². The molecule has 2 aromatic rings. The molecule has 6 heteroatoms. The van der Waals surface area contributed by atoms with Crippen LogP contribution in [0, 0.1) is 0 Å². The first kappa shape index (κ1) is 19.9. The number of nitrogens with one attached hydrogen (secondary N) is 3. The van der Waals surface area contributed by atoms with Crippen LogP contribution >= 0.6 is 0 Å². The third kappa shape index (κ3) is 7.15. The highest BCUT2D eigenvalue weighted by Crippen LogP contribution is 2.10. The van der Waals surface area contributed by atoms with Crippen molar-refractivity contribution in [3.05, 3.63) is 71.8 Å². The number of hydrazine groups is 1. The van der Waals surface area contributed by atoms with Crippen LogP contribution in [0.3, 0.4) is 0 Å². The summed E-state index contributed by atoms with van der Waals surface area (Å²) in [5, 5.41) is 2.78. The van der Waals surface area contributed by atoms with Crippen LogP contribution < -0.4 is 16.2 Å². The highest BCUT2D eigenvalue weighted by Gasteiger charge is 2.07. The molecular formula is C21H23N3O3. The Kier molecular flexibility index (Phi) is 7.78. The molecule has 6 nitrogen and oxygen atoms in total. The van der Waals surface area contributed by atoms with E-state index in [4.69, 9.17) is 0 Å². The third-order valence-electron chi connectivity index (χ3n) is 3.71. The van der Waals surface area contributed by atoms with Gasteiger partial charge in [-0.2, -0.15) is 0 Å². The molecule has 0 atom stereocenters. The van der Waals surface area contributed by atoms with Crippen molar-refractivity contribution in [1.82, 2.24) is 10.9 Å². The third-order valence-corrected chi connectivity index (χ3v) is 3.71. The van der Waals surface area contributed by atoms with Crippen LogP contribution in [0.25, 0.3) is 6.08 Å². The molecule has 140 valence electrons. The number of hydrogen-bond donors (Lipinski definition) is 3. The summed E-state index contributed by atoms with van der Waals surface area (Å²) in [4.78, 5) is 35.5. The lowest BCUT2D eigenvalue weighted by molar-refractivity contribution is -0.117. The van der Waals surface area contributed by atoms with Crippen molar-refractivity contribution in [1.29, 1.82) is 0 Å². The Bertz CT molecular complexity index is 799. The molecule has 0 aromatic heterocycles. The molecule has 2 aromatic carbocycles. The summed E-state index contributed by atoms with van der Waals surface area (Å²) in [7, 11) is 0. The predicted molar refractivity (Wildman–Crippen MR) is 106 cm³/mol. The molecule has 0 fully saturated rings. The monoisotopic (exact) mass is 365 g/mol. The van der Waals surface area contributed by atoms with E-state index in [1.165, 1.54) is 6.08 Å². The van der Waals surface area contributed by atoms with E-state index in [1.54, 1.807) is 30.3 Å². The van der Waals surface area contributed by atoms with Crippen LogP contribution in [-0.4, -0.2) is 17.7 Å². The molecule has 0 saturated carbocycles. The maximum absolute atomic E-state index is 12.1. The van der Waals surface area contributed by atoms with Gasteiger partial charge in [-0.15, -0.1) is 0 Å². The number of hydrogen-bond acceptors (Lipinski definition) is 3. The Morgan fingerprint density at radius 2 is 1.63 bits per heavy atom. The fourth-order valence-corrected chi connectivity index (χ4v) is 2.23. The summed E-state index contributed by atoms with van der Waals surface area (Å²) >= 11 is 0. The average Bonchev–Trinajstić information content (AvgIpc) is 2.70. The van der Waals surface area contributed by atoms with Crippen molar-refractivity contribution in [2.24, 2.45) is 0 Å². The van der Waals surface area contributed by atoms with Gasteiger partial charge in [0.1, 0.15) is 0 Å². The average molecular weight is 365 g/mol. The smallest absolute Gasteiger partial charge is 0.269 e. The lowest BCUT2D eigenvalue weighted by atomic mass is 10.2. The molecule has 0 bridgehead atoms. The number of benzene rings is 2. The lowest BCUT2D eigenvalue weighted by Crippen LogP contribution is -2.40. The van der Waals surface area contributed by atoms with Gasteiger partial charge in [0, 0.05) is 23.7 Å². The summed E-state index contributed by atoms with van der Waals surface area (Å²) in [5.74, 6) is -0.932. The first-order valence-corrected chi connectivity index (χ1v) is 8.82. The second kappa shape index (κ2) is 10.6. The van der Waals surface area contributed by atoms with E-state index < -0.39 is 11.8 Å². The molecule has 0 radical (unpaired) electrons. The topological polar surface area (TPSA) is 87.3 Å². The van der Waals surface area contributed by atoms with Gasteiger partial charge in [-0.25, -0.2) is 0 Å². The van der Waals surface area contributed by atoms with Crippen LogP contribution in [-0.2, 0) is 9.59 Å². The zero-order valence-corrected chi connectivity index (χ0v) is 15.2. The molecule has 0 heterocycles. The maximum atomic E-state index is 12.1. The second-order valence-corrected chi connectivity index (χ2v) is 5.92. The normalized spacial score (nSPS) is 10.4. The molecule has 0 aliphatic rings. The van der Waals surface area contributed by atoms with Gasteiger partial charge in [0.25, 0.3) is 11.8 Å². The van der Waals surface area contributed by atoms with Gasteiger partial charge >= 0.3 is 0 Å². The number of rotatable bonds is 7. The van der Waals surface area contributed by atoms with E-state index in [-0.39, 0.29) is 5.91 Å². The van der Waals surface area contributed by atoms with Crippen LogP contribution in [0.2, 0.25) is 0 Å². The quantitative estimate of drug-likeness (QED) is 0.520. The minimum Gasteiger partial charge on any atom is -0.326 e. The van der Waals surface area contributed by atoms with E-state index >= 15 is 0 Å². The standard InChI is InChI=1S/C21H23N3O3/c1-2-3-9-19(25)22-18-13-11-17(12-14-18)21(27)24-23-20(26)15-10-16-7-5-4-6-8-16/h4-8,10-15H,2-3,9H2,1H3,(H,22,25)(H,23,26)(H,24,27)/b15-10+. The number of amides is 3. The Hall–Kier alpha value is -3.41. The molecule has 0 saturated heterocycles. The molecule has 0 aliphatic heterocycles. The molecular weight excluding hydrogens is 342 g/mol. The van der Waals surface area contributed by atoms with E-state index in [2.05, 4.69) is 16.2 Å². The maximum Gasteiger partial charge on any atom is 0.269 e. The van der Waals surface area contributed by atoms with Crippen LogP contribution in [0.5, 0.6) is 0 Å². The van der Waals surface area contributed by atoms with Gasteiger partial charge in [-0.3, -0.25) is 25.2 Å². The van der Waals surface area contributed by atoms with Crippen molar-refractivity contribution in [2.45, 2.75) is 26.2 Å². The molecule has 3 N–H and O–H groups in total. The molecule has 0 aliphatic carbocycles. The summed E-state index contributed by atoms with van der Waals surface area (Å²) in [5.41, 5.74) is 6.55. The molecule has 0 spiro atoms. The van der Waals surface area contributed by atoms with E-state index in [0.29, 0.717) is 17.7 Å². The van der Waals surface area contributed by atoms with Gasteiger partial charge in [-0.1, -0.05) is 43.7 Å². The van der Waals surface area contributed by atoms with E-state index in [1.807, 2.05) is 37.3 Å². The van der Waals surface area contributed by atoms with Crippen LogP contribution in [0.4, 0.5) is 5.69 Å². The first-order valence-electron chi connectivity index (χ1n) is 8.82. The SMILES string of the molecule is CCCCC(=O)Nc1ccc(C(=O)NNC(=O)/C=C/c2ccccc2)cc1. The van der Waals surface area contributed by atoms with Crippen LogP contribution in [0.15, 0.2) is 60.7 Å². The van der Waals surface area contributed by atoms with Gasteiger partial charge in [0.05, 0.1) is 0 Å². The number of carbonyl (C=O) groups excluding carboxylic acids is 3. The van der Waals surface area contributed by atoms with Gasteiger partial charge in [0.2, 0.25) is 5.91 Å². The Balaban J connectivity index is 1.80. The highest BCUT2D eigenvalue weighted by atomic mass is 16.2. The Labute approximate surface area is 158 Å². The molecule has 0 unspecified atom stereocenters. The zero-order chi connectivity index (χ0) is 19.5. The minimum absolute atomic E-state index is 0.0495. The Morgan fingerprint density at radius 1 is 0.926 bits per heavy atom. The second-order valence-electron chi connectivity index (χ2n) is 5.92. The minimum atomic E-state index is -0.444. The summed E-state index contributed by atoms with van der Waals surface area (Å²) in [6, 6.07) is 15.8. The van der Waals surface area contributed by atoms with Crippen molar-refractivity contribution in [2.75, 3.05) is 5.32 Å². The van der Waals surface area contributed by atoms with Gasteiger partial charge in [0.15, 0.2) is 0 Å². The summed E-state index contributed by atoms with van der Waals surface area (Å²) in [6.45, 7) is 2.02. The van der Waals surface area contributed by atoms with Crippen molar-refractivity contribution >= 4 is 29.5 Å². The van der Waals surface area contributed by atoms with E-state index in [0.717, 1.165) is 18.4 Å². The first-order chi connectivity index (χ1) is 13.1. The van der Waals surface area contributed by atoms with Crippen LogP contribution in [0.1, 0.15) is 42.1 Å². The van der Waals surface area contributed by atoms with Gasteiger partial charge in [-0.05, 0) is 42.3 Å². The zero-order valence-electron chi connectivity index (χ0n) is 15.2. The summed E-state index contributed by atoms with van der Waals surface area (Å²) < 4.78 is 0. The molecule has 3 amide bonds. The largest absolute Gasteiger partial charge is 0.326 e. The van der Waals surface area contributed by atoms with Crippen molar-refractivity contribution in [3.63, 3.8) is 0 Å². The lowest BCUT2D eigenvalue weighted by Gasteiger charge is -2.07. The fraction of sp³-hybridized carbons (Fsp3) is 0.190. The molecule has 2 rings (SSSR count). The van der Waals surface area contributed by atoms with Crippen molar-refractivity contribution < 1.29 is 14.4 Å². The highest BCUT2D eigenvalue weighted by molar-refractivity contribution is 5.98. The fourth-order valence-electron chi connectivity index (χ4n) is 2.23.